The van der Waals surface area contributed by atoms with E-state index < -0.39 is 0 Å². The van der Waals surface area contributed by atoms with E-state index in [9.17, 15) is 5.11 Å². The van der Waals surface area contributed by atoms with Crippen molar-refractivity contribution < 1.29 is 5.11 Å². The molecule has 1 unspecified atom stereocenters. The highest BCUT2D eigenvalue weighted by molar-refractivity contribution is 9.10. The Hall–Kier alpha value is -1.13. The lowest BCUT2D eigenvalue weighted by molar-refractivity contribution is 0.192. The van der Waals surface area contributed by atoms with Crippen LogP contribution >= 0.6 is 15.9 Å². The van der Waals surface area contributed by atoms with E-state index in [1.54, 1.807) is 0 Å². The number of rotatable bonds is 2. The zero-order valence-corrected chi connectivity index (χ0v) is 11.6. The zero-order valence-electron chi connectivity index (χ0n) is 10.0. The van der Waals surface area contributed by atoms with E-state index in [4.69, 9.17) is 0 Å². The van der Waals surface area contributed by atoms with Crippen LogP contribution in [0.25, 0.3) is 11.4 Å². The molecule has 1 atom stereocenters. The van der Waals surface area contributed by atoms with E-state index in [0.29, 0.717) is 5.92 Å². The monoisotopic (exact) mass is 306 g/mol. The van der Waals surface area contributed by atoms with Gasteiger partial charge in [0.05, 0.1) is 0 Å². The van der Waals surface area contributed by atoms with Crippen LogP contribution in [0, 0.1) is 5.92 Å². The van der Waals surface area contributed by atoms with Gasteiger partial charge >= 0.3 is 0 Å². The van der Waals surface area contributed by atoms with Crippen molar-refractivity contribution in [1.82, 2.24) is 9.55 Å². The average molecular weight is 307 g/mol. The SMILES string of the molecule is OCC1CCc2cnc(-c3ccc(Br)cc3)n2C1. The summed E-state index contributed by atoms with van der Waals surface area (Å²) >= 11 is 3.44. The maximum absolute atomic E-state index is 9.31. The molecule has 4 heteroatoms. The quantitative estimate of drug-likeness (QED) is 0.926. The molecule has 1 aromatic heterocycles. The number of hydrogen-bond donors (Lipinski definition) is 1. The number of aliphatic hydroxyl groups is 1. The van der Waals surface area contributed by atoms with E-state index in [1.165, 1.54) is 5.69 Å². The Morgan fingerprint density at radius 3 is 2.83 bits per heavy atom. The number of fused-ring (bicyclic) bond motifs is 1. The largest absolute Gasteiger partial charge is 0.396 e. The number of aryl methyl sites for hydroxylation is 1. The number of hydrogen-bond acceptors (Lipinski definition) is 2. The van der Waals surface area contributed by atoms with Crippen LogP contribution in [-0.2, 0) is 13.0 Å². The lowest BCUT2D eigenvalue weighted by Crippen LogP contribution is -2.22. The summed E-state index contributed by atoms with van der Waals surface area (Å²) in [4.78, 5) is 4.53. The third kappa shape index (κ3) is 2.10. The van der Waals surface area contributed by atoms with Gasteiger partial charge in [0.2, 0.25) is 0 Å². The summed E-state index contributed by atoms with van der Waals surface area (Å²) in [5.41, 5.74) is 2.40. The summed E-state index contributed by atoms with van der Waals surface area (Å²) in [5.74, 6) is 1.37. The van der Waals surface area contributed by atoms with Gasteiger partial charge in [-0.3, -0.25) is 0 Å². The molecular formula is C14H15BrN2O. The standard InChI is InChI=1S/C14H15BrN2O/c15-12-4-2-11(3-5-12)14-16-7-13-6-1-10(9-18)8-17(13)14/h2-5,7,10,18H,1,6,8-9H2. The highest BCUT2D eigenvalue weighted by atomic mass is 79.9. The van der Waals surface area contributed by atoms with Crippen LogP contribution in [0.3, 0.4) is 0 Å². The van der Waals surface area contributed by atoms with Crippen molar-refractivity contribution in [3.8, 4) is 11.4 Å². The molecule has 18 heavy (non-hydrogen) atoms. The normalized spacial score (nSPS) is 18.7. The minimum Gasteiger partial charge on any atom is -0.396 e. The van der Waals surface area contributed by atoms with Gasteiger partial charge in [0.1, 0.15) is 5.82 Å². The van der Waals surface area contributed by atoms with Gasteiger partial charge in [-0.15, -0.1) is 0 Å². The smallest absolute Gasteiger partial charge is 0.140 e. The molecule has 1 aliphatic rings. The van der Waals surface area contributed by atoms with Gasteiger partial charge in [-0.2, -0.15) is 0 Å². The molecule has 0 bridgehead atoms. The number of halogens is 1. The number of benzene rings is 1. The van der Waals surface area contributed by atoms with Crippen molar-refractivity contribution in [2.75, 3.05) is 6.61 Å². The van der Waals surface area contributed by atoms with E-state index in [1.807, 2.05) is 18.3 Å². The van der Waals surface area contributed by atoms with Gasteiger partial charge in [0.25, 0.3) is 0 Å². The molecule has 0 fully saturated rings. The predicted octanol–water partition coefficient (Wildman–Crippen LogP) is 2.87. The summed E-state index contributed by atoms with van der Waals surface area (Å²) in [6.45, 7) is 1.13. The van der Waals surface area contributed by atoms with Gasteiger partial charge in [0, 0.05) is 41.0 Å². The molecular weight excluding hydrogens is 292 g/mol. The Morgan fingerprint density at radius 2 is 2.11 bits per heavy atom. The first-order chi connectivity index (χ1) is 8.78. The van der Waals surface area contributed by atoms with E-state index in [-0.39, 0.29) is 6.61 Å². The Morgan fingerprint density at radius 1 is 1.33 bits per heavy atom. The van der Waals surface area contributed by atoms with Gasteiger partial charge in [0.15, 0.2) is 0 Å². The fourth-order valence-corrected chi connectivity index (χ4v) is 2.76. The molecule has 1 N–H and O–H groups in total. The van der Waals surface area contributed by atoms with Crippen molar-refractivity contribution in [3.63, 3.8) is 0 Å². The molecule has 0 amide bonds. The Bertz CT molecular complexity index is 547. The van der Waals surface area contributed by atoms with Crippen LogP contribution in [0.2, 0.25) is 0 Å². The Balaban J connectivity index is 1.99. The molecule has 0 aliphatic carbocycles. The van der Waals surface area contributed by atoms with Crippen molar-refractivity contribution in [1.29, 1.82) is 0 Å². The van der Waals surface area contributed by atoms with Gasteiger partial charge < -0.3 is 9.67 Å². The lowest BCUT2D eigenvalue weighted by atomic mass is 9.99. The zero-order chi connectivity index (χ0) is 12.5. The van der Waals surface area contributed by atoms with Crippen LogP contribution in [0.5, 0.6) is 0 Å². The van der Waals surface area contributed by atoms with E-state index >= 15 is 0 Å². The first-order valence-electron chi connectivity index (χ1n) is 6.19. The molecule has 1 aromatic carbocycles. The number of nitrogens with zero attached hydrogens (tertiary/aromatic N) is 2. The van der Waals surface area contributed by atoms with Crippen LogP contribution in [0.4, 0.5) is 0 Å². The minimum atomic E-state index is 0.261. The Labute approximate surface area is 115 Å². The van der Waals surface area contributed by atoms with E-state index in [0.717, 1.165) is 35.2 Å². The molecule has 2 heterocycles. The summed E-state index contributed by atoms with van der Waals surface area (Å²) in [6.07, 6.45) is 4.03. The first kappa shape index (κ1) is 11.9. The van der Waals surface area contributed by atoms with Gasteiger partial charge in [-0.1, -0.05) is 28.1 Å². The second-order valence-electron chi connectivity index (χ2n) is 4.78. The summed E-state index contributed by atoms with van der Waals surface area (Å²) < 4.78 is 3.32. The van der Waals surface area contributed by atoms with Crippen molar-refractivity contribution in [2.45, 2.75) is 19.4 Å². The topological polar surface area (TPSA) is 38.1 Å². The maximum Gasteiger partial charge on any atom is 0.140 e. The Kier molecular flexibility index (Phi) is 3.22. The van der Waals surface area contributed by atoms with Crippen LogP contribution in [0.1, 0.15) is 12.1 Å². The number of aromatic nitrogens is 2. The fraction of sp³-hybridized carbons (Fsp3) is 0.357. The van der Waals surface area contributed by atoms with Crippen LogP contribution < -0.4 is 0 Å². The van der Waals surface area contributed by atoms with Crippen LogP contribution in [-0.4, -0.2) is 21.3 Å². The fourth-order valence-electron chi connectivity index (χ4n) is 2.49. The number of imidazole rings is 1. The first-order valence-corrected chi connectivity index (χ1v) is 6.98. The second kappa shape index (κ2) is 4.86. The average Bonchev–Trinajstić information content (AvgIpc) is 2.82. The molecule has 1 aliphatic heterocycles. The van der Waals surface area contributed by atoms with Crippen LogP contribution in [0.15, 0.2) is 34.9 Å². The maximum atomic E-state index is 9.31. The molecule has 0 saturated carbocycles. The second-order valence-corrected chi connectivity index (χ2v) is 5.69. The minimum absolute atomic E-state index is 0.261. The van der Waals surface area contributed by atoms with E-state index in [2.05, 4.69) is 37.6 Å². The lowest BCUT2D eigenvalue weighted by Gasteiger charge is -2.23. The molecule has 0 saturated heterocycles. The highest BCUT2D eigenvalue weighted by Gasteiger charge is 2.21. The molecule has 2 aromatic rings. The van der Waals surface area contributed by atoms with Gasteiger partial charge in [-0.05, 0) is 25.0 Å². The molecule has 3 rings (SSSR count). The third-order valence-electron chi connectivity index (χ3n) is 3.55. The predicted molar refractivity (Wildman–Crippen MR) is 74.3 cm³/mol. The van der Waals surface area contributed by atoms with Crippen molar-refractivity contribution in [3.05, 3.63) is 40.6 Å². The summed E-state index contributed by atoms with van der Waals surface area (Å²) in [5, 5.41) is 9.31. The highest BCUT2D eigenvalue weighted by Crippen LogP contribution is 2.27. The van der Waals surface area contributed by atoms with Gasteiger partial charge in [-0.25, -0.2) is 4.98 Å². The summed E-state index contributed by atoms with van der Waals surface area (Å²) in [6, 6.07) is 8.21. The molecule has 94 valence electrons. The van der Waals surface area contributed by atoms with Crippen molar-refractivity contribution in [2.24, 2.45) is 5.92 Å². The third-order valence-corrected chi connectivity index (χ3v) is 4.08. The molecule has 3 nitrogen and oxygen atoms in total. The summed E-state index contributed by atoms with van der Waals surface area (Å²) in [7, 11) is 0. The molecule has 0 radical (unpaired) electrons. The van der Waals surface area contributed by atoms with Crippen molar-refractivity contribution >= 4 is 15.9 Å². The number of aliphatic hydroxyl groups excluding tert-OH is 1. The molecule has 0 spiro atoms.